The highest BCUT2D eigenvalue weighted by Gasteiger charge is 2.32. The van der Waals surface area contributed by atoms with Gasteiger partial charge in [-0.15, -0.1) is 11.8 Å². The monoisotopic (exact) mass is 432 g/mol. The molecule has 1 amide bonds. The molecule has 0 radical (unpaired) electrons. The first-order valence-corrected chi connectivity index (χ1v) is 12.6. The molecule has 29 heavy (non-hydrogen) atoms. The molecule has 1 aliphatic rings. The van der Waals surface area contributed by atoms with Crippen LogP contribution in [-0.2, 0) is 14.8 Å². The fraction of sp³-hybridized carbons (Fsp3) is 0.409. The number of nitrogens with one attached hydrogen (secondary N) is 1. The van der Waals surface area contributed by atoms with Crippen LogP contribution < -0.4 is 5.32 Å². The molecule has 1 N–H and O–H groups in total. The second-order valence-corrected chi connectivity index (χ2v) is 10.1. The fourth-order valence-electron chi connectivity index (χ4n) is 3.65. The molecule has 1 unspecified atom stereocenters. The van der Waals surface area contributed by atoms with Crippen molar-refractivity contribution in [3.05, 3.63) is 60.2 Å². The van der Waals surface area contributed by atoms with Crippen LogP contribution in [-0.4, -0.2) is 38.0 Å². The van der Waals surface area contributed by atoms with Gasteiger partial charge >= 0.3 is 0 Å². The number of thioether (sulfide) groups is 1. The van der Waals surface area contributed by atoms with Gasteiger partial charge in [0, 0.05) is 23.9 Å². The first-order chi connectivity index (χ1) is 14.0. The van der Waals surface area contributed by atoms with E-state index in [-0.39, 0.29) is 17.9 Å². The van der Waals surface area contributed by atoms with E-state index in [1.165, 1.54) is 4.31 Å². The third-order valence-corrected chi connectivity index (χ3v) is 8.11. The normalized spacial score (nSPS) is 17.0. The summed E-state index contributed by atoms with van der Waals surface area (Å²) >= 11 is 1.58. The quantitative estimate of drug-likeness (QED) is 0.670. The summed E-state index contributed by atoms with van der Waals surface area (Å²) < 4.78 is 27.3. The third kappa shape index (κ3) is 5.21. The van der Waals surface area contributed by atoms with Crippen molar-refractivity contribution in [2.24, 2.45) is 5.92 Å². The van der Waals surface area contributed by atoms with Gasteiger partial charge in [0.15, 0.2) is 0 Å². The topological polar surface area (TPSA) is 66.5 Å². The van der Waals surface area contributed by atoms with Gasteiger partial charge in [-0.2, -0.15) is 4.31 Å². The molecule has 3 rings (SSSR count). The maximum Gasteiger partial charge on any atom is 0.243 e. The van der Waals surface area contributed by atoms with Crippen LogP contribution in [0.3, 0.4) is 0 Å². The first kappa shape index (κ1) is 21.9. The molecule has 0 saturated carbocycles. The maximum absolute atomic E-state index is 12.9. The van der Waals surface area contributed by atoms with Gasteiger partial charge in [-0.05, 0) is 55.3 Å². The molecule has 2 aromatic rings. The van der Waals surface area contributed by atoms with Gasteiger partial charge < -0.3 is 5.32 Å². The SMILES string of the molecule is CCC(NC(=O)C1CCN(S(=O)(=O)c2ccc(SC)cc2)CC1)c1ccccc1. The maximum atomic E-state index is 12.9. The first-order valence-electron chi connectivity index (χ1n) is 9.95. The summed E-state index contributed by atoms with van der Waals surface area (Å²) in [7, 11) is -3.51. The summed E-state index contributed by atoms with van der Waals surface area (Å²) in [6.07, 6.45) is 3.85. The number of sulfonamides is 1. The Bertz CT molecular complexity index is 907. The van der Waals surface area contributed by atoms with Gasteiger partial charge in [0.05, 0.1) is 10.9 Å². The van der Waals surface area contributed by atoms with E-state index in [1.807, 2.05) is 48.7 Å². The summed E-state index contributed by atoms with van der Waals surface area (Å²) in [5, 5.41) is 3.14. The average molecular weight is 433 g/mol. The number of benzene rings is 2. The number of rotatable bonds is 7. The van der Waals surface area contributed by atoms with E-state index in [4.69, 9.17) is 0 Å². The molecule has 1 aliphatic heterocycles. The number of piperidine rings is 1. The van der Waals surface area contributed by atoms with Crippen molar-refractivity contribution in [3.63, 3.8) is 0 Å². The highest BCUT2D eigenvalue weighted by atomic mass is 32.2. The second-order valence-electron chi connectivity index (χ2n) is 7.23. The van der Waals surface area contributed by atoms with E-state index in [9.17, 15) is 13.2 Å². The molecule has 0 aliphatic carbocycles. The van der Waals surface area contributed by atoms with Gasteiger partial charge in [0.2, 0.25) is 15.9 Å². The molecule has 156 valence electrons. The molecule has 2 aromatic carbocycles. The molecular formula is C22H28N2O3S2. The molecule has 0 aromatic heterocycles. The van der Waals surface area contributed by atoms with Crippen LogP contribution in [0, 0.1) is 5.92 Å². The lowest BCUT2D eigenvalue weighted by atomic mass is 9.96. The largest absolute Gasteiger partial charge is 0.349 e. The van der Waals surface area contributed by atoms with E-state index in [2.05, 4.69) is 12.2 Å². The zero-order chi connectivity index (χ0) is 20.9. The van der Waals surface area contributed by atoms with E-state index < -0.39 is 10.0 Å². The van der Waals surface area contributed by atoms with E-state index >= 15 is 0 Å². The lowest BCUT2D eigenvalue weighted by Gasteiger charge is -2.31. The van der Waals surface area contributed by atoms with E-state index in [1.54, 1.807) is 23.9 Å². The second kappa shape index (κ2) is 9.78. The Hall–Kier alpha value is -1.83. The van der Waals surface area contributed by atoms with E-state index in [0.717, 1.165) is 16.9 Å². The van der Waals surface area contributed by atoms with Crippen molar-refractivity contribution in [1.82, 2.24) is 9.62 Å². The Morgan fingerprint density at radius 3 is 2.28 bits per heavy atom. The van der Waals surface area contributed by atoms with Crippen LogP contribution in [0.15, 0.2) is 64.4 Å². The molecule has 1 fully saturated rings. The standard InChI is InChI=1S/C22H28N2O3S2/c1-3-21(17-7-5-4-6-8-17)23-22(25)18-13-15-24(16-14-18)29(26,27)20-11-9-19(28-2)10-12-20/h4-12,18,21H,3,13-16H2,1-2H3,(H,23,25). The van der Waals surface area contributed by atoms with Crippen molar-refractivity contribution in [2.75, 3.05) is 19.3 Å². The highest BCUT2D eigenvalue weighted by Crippen LogP contribution is 2.26. The van der Waals surface area contributed by atoms with Crippen LogP contribution in [0.25, 0.3) is 0 Å². The Balaban J connectivity index is 1.59. The molecule has 7 heteroatoms. The van der Waals surface area contributed by atoms with Crippen molar-refractivity contribution in [1.29, 1.82) is 0 Å². The number of hydrogen-bond donors (Lipinski definition) is 1. The Kier molecular flexibility index (Phi) is 7.38. The number of nitrogens with zero attached hydrogens (tertiary/aromatic N) is 1. The Morgan fingerprint density at radius 2 is 1.72 bits per heavy atom. The van der Waals surface area contributed by atoms with Crippen molar-refractivity contribution in [2.45, 2.75) is 42.0 Å². The molecule has 0 spiro atoms. The predicted molar refractivity (Wildman–Crippen MR) is 117 cm³/mol. The smallest absolute Gasteiger partial charge is 0.243 e. The van der Waals surface area contributed by atoms with Crippen molar-refractivity contribution >= 4 is 27.7 Å². The fourth-order valence-corrected chi connectivity index (χ4v) is 5.53. The van der Waals surface area contributed by atoms with Gasteiger partial charge in [-0.1, -0.05) is 37.3 Å². The van der Waals surface area contributed by atoms with Crippen molar-refractivity contribution < 1.29 is 13.2 Å². The van der Waals surface area contributed by atoms with Gasteiger partial charge in [-0.25, -0.2) is 8.42 Å². The highest BCUT2D eigenvalue weighted by molar-refractivity contribution is 7.98. The Morgan fingerprint density at radius 1 is 1.10 bits per heavy atom. The molecule has 1 heterocycles. The minimum Gasteiger partial charge on any atom is -0.349 e. The third-order valence-electron chi connectivity index (χ3n) is 5.45. The van der Waals surface area contributed by atoms with Crippen LogP contribution in [0.1, 0.15) is 37.8 Å². The minimum absolute atomic E-state index is 0.0135. The number of carbonyl (C=O) groups is 1. The molecule has 1 atom stereocenters. The number of carbonyl (C=O) groups excluding carboxylic acids is 1. The lowest BCUT2D eigenvalue weighted by molar-refractivity contribution is -0.126. The summed E-state index contributed by atoms with van der Waals surface area (Å²) in [5.74, 6) is -0.139. The summed E-state index contributed by atoms with van der Waals surface area (Å²) in [6.45, 7) is 2.79. The summed E-state index contributed by atoms with van der Waals surface area (Å²) in [4.78, 5) is 14.1. The van der Waals surface area contributed by atoms with Crippen LogP contribution in [0.4, 0.5) is 0 Å². The predicted octanol–water partition coefficient (Wildman–Crippen LogP) is 4.08. The van der Waals surface area contributed by atoms with Crippen LogP contribution in [0.5, 0.6) is 0 Å². The van der Waals surface area contributed by atoms with Gasteiger partial charge in [-0.3, -0.25) is 4.79 Å². The number of hydrogen-bond acceptors (Lipinski definition) is 4. The van der Waals surface area contributed by atoms with Crippen LogP contribution >= 0.6 is 11.8 Å². The average Bonchev–Trinajstić information content (AvgIpc) is 2.78. The van der Waals surface area contributed by atoms with E-state index in [0.29, 0.717) is 30.8 Å². The minimum atomic E-state index is -3.51. The zero-order valence-electron chi connectivity index (χ0n) is 16.9. The van der Waals surface area contributed by atoms with Gasteiger partial charge in [0.25, 0.3) is 0 Å². The van der Waals surface area contributed by atoms with Crippen LogP contribution in [0.2, 0.25) is 0 Å². The number of amides is 1. The Labute approximate surface area is 177 Å². The zero-order valence-corrected chi connectivity index (χ0v) is 18.5. The van der Waals surface area contributed by atoms with Crippen molar-refractivity contribution in [3.8, 4) is 0 Å². The summed E-state index contributed by atoms with van der Waals surface area (Å²) in [6, 6.07) is 16.9. The molecule has 1 saturated heterocycles. The molecule has 5 nitrogen and oxygen atoms in total. The molecular weight excluding hydrogens is 404 g/mol. The summed E-state index contributed by atoms with van der Waals surface area (Å²) in [5.41, 5.74) is 1.09. The van der Waals surface area contributed by atoms with Gasteiger partial charge in [0.1, 0.15) is 0 Å². The lowest BCUT2D eigenvalue weighted by Crippen LogP contribution is -2.43. The molecule has 0 bridgehead atoms.